The van der Waals surface area contributed by atoms with Gasteiger partial charge >= 0.3 is 0 Å². The fourth-order valence-corrected chi connectivity index (χ4v) is 1.98. The second kappa shape index (κ2) is 5.45. The molecule has 2 nitrogen and oxygen atoms in total. The third-order valence-corrected chi connectivity index (χ3v) is 3.05. The molecule has 0 radical (unpaired) electrons. The number of nitrogens with one attached hydrogen (secondary N) is 1. The maximum absolute atomic E-state index is 13.0. The van der Waals surface area contributed by atoms with Gasteiger partial charge in [0, 0.05) is 17.3 Å². The molecule has 0 amide bonds. The lowest BCUT2D eigenvalue weighted by atomic mass is 10.1. The summed E-state index contributed by atoms with van der Waals surface area (Å²) >= 11 is 5.68. The molecule has 2 rings (SSSR count). The molecule has 19 heavy (non-hydrogen) atoms. The molecule has 1 atom stereocenters. The monoisotopic (exact) mass is 283 g/mol. The smallest absolute Gasteiger partial charge is 0.141 e. The van der Waals surface area contributed by atoms with Crippen molar-refractivity contribution in [2.24, 2.45) is 0 Å². The standard InChI is InChI=1S/C14H12ClF2NO/c1-8(11-4-2-9(16)6-14(11)19)18-10-3-5-13(17)12(15)7-10/h2-8,18-19H,1H3. The van der Waals surface area contributed by atoms with Gasteiger partial charge < -0.3 is 10.4 Å². The maximum Gasteiger partial charge on any atom is 0.141 e. The van der Waals surface area contributed by atoms with Crippen LogP contribution >= 0.6 is 11.6 Å². The first kappa shape index (κ1) is 13.6. The van der Waals surface area contributed by atoms with Crippen molar-refractivity contribution >= 4 is 17.3 Å². The average Bonchev–Trinajstić information content (AvgIpc) is 2.33. The predicted octanol–water partition coefficient (Wildman–Crippen LogP) is 4.50. The average molecular weight is 284 g/mol. The van der Waals surface area contributed by atoms with Crippen molar-refractivity contribution in [1.29, 1.82) is 0 Å². The Kier molecular flexibility index (Phi) is 3.90. The molecular weight excluding hydrogens is 272 g/mol. The first-order valence-corrected chi connectivity index (χ1v) is 6.05. The maximum atomic E-state index is 13.0. The minimum Gasteiger partial charge on any atom is -0.507 e. The van der Waals surface area contributed by atoms with E-state index in [2.05, 4.69) is 5.32 Å². The molecule has 0 aliphatic carbocycles. The van der Waals surface area contributed by atoms with Crippen molar-refractivity contribution in [3.05, 3.63) is 58.6 Å². The van der Waals surface area contributed by atoms with E-state index in [1.165, 1.54) is 30.3 Å². The topological polar surface area (TPSA) is 32.3 Å². The Bertz CT molecular complexity index is 604. The van der Waals surface area contributed by atoms with Gasteiger partial charge in [-0.15, -0.1) is 0 Å². The van der Waals surface area contributed by atoms with Crippen molar-refractivity contribution in [1.82, 2.24) is 0 Å². The number of phenolic OH excluding ortho intramolecular Hbond substituents is 1. The highest BCUT2D eigenvalue weighted by molar-refractivity contribution is 6.31. The van der Waals surface area contributed by atoms with Gasteiger partial charge in [-0.3, -0.25) is 0 Å². The van der Waals surface area contributed by atoms with Crippen LogP contribution in [0.25, 0.3) is 0 Å². The molecule has 0 aliphatic rings. The van der Waals surface area contributed by atoms with Crippen molar-refractivity contribution in [3.8, 4) is 5.75 Å². The fraction of sp³-hybridized carbons (Fsp3) is 0.143. The summed E-state index contributed by atoms with van der Waals surface area (Å²) in [6.07, 6.45) is 0. The highest BCUT2D eigenvalue weighted by Gasteiger charge is 2.11. The van der Waals surface area contributed by atoms with Crippen LogP contribution in [0.2, 0.25) is 5.02 Å². The number of aromatic hydroxyl groups is 1. The lowest BCUT2D eigenvalue weighted by Crippen LogP contribution is -2.07. The molecule has 5 heteroatoms. The van der Waals surface area contributed by atoms with Gasteiger partial charge in [-0.2, -0.15) is 0 Å². The summed E-state index contributed by atoms with van der Waals surface area (Å²) in [6.45, 7) is 1.80. The van der Waals surface area contributed by atoms with Crippen LogP contribution in [0.4, 0.5) is 14.5 Å². The largest absolute Gasteiger partial charge is 0.507 e. The second-order valence-electron chi connectivity index (χ2n) is 4.20. The lowest BCUT2D eigenvalue weighted by Gasteiger charge is -2.17. The van der Waals surface area contributed by atoms with Crippen molar-refractivity contribution in [2.45, 2.75) is 13.0 Å². The number of hydrogen-bond acceptors (Lipinski definition) is 2. The first-order chi connectivity index (χ1) is 8.97. The number of anilines is 1. The van der Waals surface area contributed by atoms with Crippen LogP contribution in [-0.2, 0) is 0 Å². The summed E-state index contributed by atoms with van der Waals surface area (Å²) in [5.41, 5.74) is 1.16. The quantitative estimate of drug-likeness (QED) is 0.869. The van der Waals surface area contributed by atoms with Crippen molar-refractivity contribution in [2.75, 3.05) is 5.32 Å². The van der Waals surface area contributed by atoms with Gasteiger partial charge in [0.15, 0.2) is 0 Å². The van der Waals surface area contributed by atoms with E-state index in [0.717, 1.165) is 6.07 Å². The van der Waals surface area contributed by atoms with E-state index < -0.39 is 11.6 Å². The van der Waals surface area contributed by atoms with Gasteiger partial charge in [0.1, 0.15) is 17.4 Å². The summed E-state index contributed by atoms with van der Waals surface area (Å²) in [5, 5.41) is 12.7. The molecule has 0 aromatic heterocycles. The zero-order valence-corrected chi connectivity index (χ0v) is 10.9. The summed E-state index contributed by atoms with van der Waals surface area (Å²) in [7, 11) is 0. The van der Waals surface area contributed by atoms with E-state index in [4.69, 9.17) is 11.6 Å². The molecule has 100 valence electrons. The minimum atomic E-state index is -0.502. The first-order valence-electron chi connectivity index (χ1n) is 5.67. The summed E-state index contributed by atoms with van der Waals surface area (Å²) in [6, 6.07) is 7.78. The molecule has 2 aromatic carbocycles. The van der Waals surface area contributed by atoms with Crippen LogP contribution in [0.1, 0.15) is 18.5 Å². The van der Waals surface area contributed by atoms with E-state index in [-0.39, 0.29) is 16.8 Å². The highest BCUT2D eigenvalue weighted by atomic mass is 35.5. The SMILES string of the molecule is CC(Nc1ccc(F)c(Cl)c1)c1ccc(F)cc1O. The van der Waals surface area contributed by atoms with E-state index in [1.807, 2.05) is 0 Å². The summed E-state index contributed by atoms with van der Waals surface area (Å²) < 4.78 is 25.9. The van der Waals surface area contributed by atoms with Gasteiger partial charge in [-0.05, 0) is 31.2 Å². The Balaban J connectivity index is 2.20. The number of benzene rings is 2. The Hall–Kier alpha value is -1.81. The van der Waals surface area contributed by atoms with Crippen LogP contribution in [0, 0.1) is 11.6 Å². The number of phenols is 1. The number of rotatable bonds is 3. The lowest BCUT2D eigenvalue weighted by molar-refractivity contribution is 0.459. The van der Waals surface area contributed by atoms with Crippen LogP contribution in [0.3, 0.4) is 0 Å². The predicted molar refractivity (Wildman–Crippen MR) is 71.5 cm³/mol. The van der Waals surface area contributed by atoms with E-state index in [9.17, 15) is 13.9 Å². The second-order valence-corrected chi connectivity index (χ2v) is 4.61. The van der Waals surface area contributed by atoms with Crippen LogP contribution < -0.4 is 5.32 Å². The highest BCUT2D eigenvalue weighted by Crippen LogP contribution is 2.28. The molecule has 0 saturated carbocycles. The van der Waals surface area contributed by atoms with Gasteiger partial charge in [-0.25, -0.2) is 8.78 Å². The van der Waals surface area contributed by atoms with Gasteiger partial charge in [0.2, 0.25) is 0 Å². The molecule has 0 bridgehead atoms. The molecule has 0 saturated heterocycles. The summed E-state index contributed by atoms with van der Waals surface area (Å²) in [5.74, 6) is -1.13. The minimum absolute atomic E-state index is 0.0144. The third kappa shape index (κ3) is 3.15. The molecule has 2 N–H and O–H groups in total. The molecule has 0 aliphatic heterocycles. The summed E-state index contributed by atoms with van der Waals surface area (Å²) in [4.78, 5) is 0. The van der Waals surface area contributed by atoms with Gasteiger partial charge in [0.25, 0.3) is 0 Å². The number of hydrogen-bond donors (Lipinski definition) is 2. The molecule has 0 heterocycles. The molecular formula is C14H12ClF2NO. The Morgan fingerprint density at radius 3 is 2.53 bits per heavy atom. The van der Waals surface area contributed by atoms with Gasteiger partial charge in [0.05, 0.1) is 11.1 Å². The Labute approximate surface area is 114 Å². The molecule has 0 fully saturated rings. The number of halogens is 3. The van der Waals surface area contributed by atoms with E-state index in [0.29, 0.717) is 11.3 Å². The molecule has 1 unspecified atom stereocenters. The zero-order chi connectivity index (χ0) is 14.0. The van der Waals surface area contributed by atoms with E-state index >= 15 is 0 Å². The van der Waals surface area contributed by atoms with E-state index in [1.54, 1.807) is 6.92 Å². The Morgan fingerprint density at radius 2 is 1.89 bits per heavy atom. The van der Waals surface area contributed by atoms with Crippen molar-refractivity contribution < 1.29 is 13.9 Å². The fourth-order valence-electron chi connectivity index (χ4n) is 1.80. The zero-order valence-electron chi connectivity index (χ0n) is 10.1. The van der Waals surface area contributed by atoms with Crippen LogP contribution in [0.15, 0.2) is 36.4 Å². The third-order valence-electron chi connectivity index (χ3n) is 2.76. The normalized spacial score (nSPS) is 12.2. The van der Waals surface area contributed by atoms with Gasteiger partial charge in [-0.1, -0.05) is 17.7 Å². The van der Waals surface area contributed by atoms with Crippen LogP contribution in [-0.4, -0.2) is 5.11 Å². The molecule has 0 spiro atoms. The van der Waals surface area contributed by atoms with Crippen molar-refractivity contribution in [3.63, 3.8) is 0 Å². The molecule has 2 aromatic rings. The Morgan fingerprint density at radius 1 is 1.16 bits per heavy atom. The van der Waals surface area contributed by atoms with Crippen LogP contribution in [0.5, 0.6) is 5.75 Å².